The average Bonchev–Trinajstić information content (AvgIpc) is 3.39. The Morgan fingerprint density at radius 3 is 2.87 bits per heavy atom. The second kappa shape index (κ2) is 7.63. The number of aromatic amines is 2. The van der Waals surface area contributed by atoms with Crippen molar-refractivity contribution in [2.24, 2.45) is 0 Å². The number of imidazole rings is 1. The number of aromatic nitrogens is 6. The quantitative estimate of drug-likeness (QED) is 0.463. The number of nitriles is 1. The summed E-state index contributed by atoms with van der Waals surface area (Å²) in [5.41, 5.74) is 8.85. The van der Waals surface area contributed by atoms with Gasteiger partial charge in [0.1, 0.15) is 40.8 Å². The third-order valence-corrected chi connectivity index (χ3v) is 4.56. The topological polar surface area (TPSA) is 142 Å². The minimum atomic E-state index is -0.621. The van der Waals surface area contributed by atoms with Crippen molar-refractivity contribution in [3.63, 3.8) is 0 Å². The van der Waals surface area contributed by atoms with E-state index in [-0.39, 0.29) is 11.7 Å². The zero-order chi connectivity index (χ0) is 21.3. The maximum Gasteiger partial charge on any atom is 0.258 e. The molecular weight excluding hydrogens is 387 g/mol. The molecule has 150 valence electrons. The van der Waals surface area contributed by atoms with Crippen molar-refractivity contribution in [2.45, 2.75) is 20.0 Å². The van der Waals surface area contributed by atoms with Crippen LogP contribution in [-0.4, -0.2) is 30.1 Å². The number of nitrogen functional groups attached to an aromatic ring is 1. The second-order valence-corrected chi connectivity index (χ2v) is 6.56. The Labute approximate surface area is 170 Å². The van der Waals surface area contributed by atoms with Crippen molar-refractivity contribution in [1.29, 1.82) is 5.26 Å². The van der Waals surface area contributed by atoms with E-state index in [1.165, 1.54) is 18.3 Å². The maximum absolute atomic E-state index is 14.0. The summed E-state index contributed by atoms with van der Waals surface area (Å²) in [5, 5.41) is 16.2. The van der Waals surface area contributed by atoms with Gasteiger partial charge in [0.15, 0.2) is 5.82 Å². The smallest absolute Gasteiger partial charge is 0.258 e. The molecule has 4 aromatic rings. The summed E-state index contributed by atoms with van der Waals surface area (Å²) in [6.45, 7) is 3.48. The summed E-state index contributed by atoms with van der Waals surface area (Å²) in [6.07, 6.45) is 4.09. The fourth-order valence-electron chi connectivity index (χ4n) is 3.06. The van der Waals surface area contributed by atoms with Crippen molar-refractivity contribution >= 4 is 5.82 Å². The van der Waals surface area contributed by atoms with Crippen LogP contribution in [0.4, 0.5) is 10.2 Å². The van der Waals surface area contributed by atoms with Crippen molar-refractivity contribution < 1.29 is 9.13 Å². The Kier molecular flexibility index (Phi) is 4.85. The van der Waals surface area contributed by atoms with Crippen molar-refractivity contribution in [3.05, 3.63) is 59.4 Å². The highest BCUT2D eigenvalue weighted by molar-refractivity contribution is 5.65. The van der Waals surface area contributed by atoms with E-state index >= 15 is 0 Å². The highest BCUT2D eigenvalue weighted by atomic mass is 19.1. The summed E-state index contributed by atoms with van der Waals surface area (Å²) in [7, 11) is 0. The number of hydrogen-bond donors (Lipinski definition) is 3. The van der Waals surface area contributed by atoms with Crippen LogP contribution in [0.3, 0.4) is 0 Å². The first-order chi connectivity index (χ1) is 14.5. The highest BCUT2D eigenvalue weighted by Crippen LogP contribution is 2.32. The van der Waals surface area contributed by atoms with Crippen LogP contribution in [0.2, 0.25) is 0 Å². The number of aryl methyl sites for hydroxylation is 1. The van der Waals surface area contributed by atoms with E-state index < -0.39 is 11.9 Å². The number of ether oxygens (including phenoxy) is 1. The lowest BCUT2D eigenvalue weighted by molar-refractivity contribution is 0.218. The van der Waals surface area contributed by atoms with E-state index in [0.29, 0.717) is 39.6 Å². The zero-order valence-electron chi connectivity index (χ0n) is 16.1. The standard InChI is InChI=1S/C20H17FN8O/c1-10-15(8-22)17(29-28-10)16-9-26-18(23)20(27-16)30-11(2)14-7-12(21)3-4-13(14)19-24-5-6-25-19/h3-7,9,11H,1-2H3,(H2,23,26)(H,24,25)(H,28,29). The van der Waals surface area contributed by atoms with Crippen molar-refractivity contribution in [1.82, 2.24) is 30.1 Å². The molecule has 10 heteroatoms. The Bertz CT molecular complexity index is 1240. The molecule has 0 aliphatic rings. The molecule has 30 heavy (non-hydrogen) atoms. The third-order valence-electron chi connectivity index (χ3n) is 4.56. The maximum atomic E-state index is 14.0. The molecule has 1 atom stereocenters. The molecule has 0 amide bonds. The molecule has 0 radical (unpaired) electrons. The van der Waals surface area contributed by atoms with Crippen LogP contribution in [0.5, 0.6) is 5.88 Å². The summed E-state index contributed by atoms with van der Waals surface area (Å²) in [5.74, 6) is 0.291. The van der Waals surface area contributed by atoms with Crippen LogP contribution in [0.1, 0.15) is 29.8 Å². The van der Waals surface area contributed by atoms with Gasteiger partial charge in [-0.05, 0) is 32.0 Å². The Balaban J connectivity index is 1.70. The van der Waals surface area contributed by atoms with Gasteiger partial charge in [0.05, 0.1) is 11.9 Å². The number of hydrogen-bond acceptors (Lipinski definition) is 7. The largest absolute Gasteiger partial charge is 0.467 e. The fraction of sp³-hybridized carbons (Fsp3) is 0.150. The zero-order valence-corrected chi connectivity index (χ0v) is 16.1. The monoisotopic (exact) mass is 404 g/mol. The lowest BCUT2D eigenvalue weighted by Gasteiger charge is -2.18. The summed E-state index contributed by atoms with van der Waals surface area (Å²) >= 11 is 0. The minimum Gasteiger partial charge on any atom is -0.467 e. The van der Waals surface area contributed by atoms with E-state index in [2.05, 4.69) is 36.2 Å². The van der Waals surface area contributed by atoms with E-state index in [9.17, 15) is 9.65 Å². The molecule has 1 unspecified atom stereocenters. The van der Waals surface area contributed by atoms with E-state index in [4.69, 9.17) is 10.5 Å². The first-order valence-corrected chi connectivity index (χ1v) is 9.01. The van der Waals surface area contributed by atoms with Gasteiger partial charge in [-0.25, -0.2) is 19.3 Å². The third kappa shape index (κ3) is 3.44. The van der Waals surface area contributed by atoms with Crippen molar-refractivity contribution in [3.8, 4) is 34.7 Å². The molecular formula is C20H17FN8O. The highest BCUT2D eigenvalue weighted by Gasteiger charge is 2.20. The number of H-pyrrole nitrogens is 2. The Morgan fingerprint density at radius 2 is 2.13 bits per heavy atom. The van der Waals surface area contributed by atoms with Gasteiger partial charge in [0.25, 0.3) is 5.88 Å². The van der Waals surface area contributed by atoms with E-state index in [1.54, 1.807) is 32.3 Å². The van der Waals surface area contributed by atoms with Gasteiger partial charge in [-0.15, -0.1) is 0 Å². The van der Waals surface area contributed by atoms with Gasteiger partial charge in [0.2, 0.25) is 0 Å². The molecule has 9 nitrogen and oxygen atoms in total. The SMILES string of the molecule is Cc1[nH]nc(-c2cnc(N)c(OC(C)c3cc(F)ccc3-c3ncc[nH]3)n2)c1C#N. The number of nitrogens with zero attached hydrogens (tertiary/aromatic N) is 5. The molecule has 3 aromatic heterocycles. The Hall–Kier alpha value is -4.26. The predicted octanol–water partition coefficient (Wildman–Crippen LogP) is 3.30. The van der Waals surface area contributed by atoms with Gasteiger partial charge in [-0.1, -0.05) is 0 Å². The molecule has 0 saturated carbocycles. The summed E-state index contributed by atoms with van der Waals surface area (Å²) in [4.78, 5) is 15.7. The van der Waals surface area contributed by atoms with Gasteiger partial charge < -0.3 is 15.5 Å². The number of benzene rings is 1. The van der Waals surface area contributed by atoms with Crippen LogP contribution in [0.25, 0.3) is 22.8 Å². The predicted molar refractivity (Wildman–Crippen MR) is 107 cm³/mol. The molecule has 1 aromatic carbocycles. The van der Waals surface area contributed by atoms with E-state index in [1.807, 2.05) is 0 Å². The molecule has 0 aliphatic carbocycles. The summed E-state index contributed by atoms with van der Waals surface area (Å²) in [6, 6.07) is 6.44. The molecule has 3 heterocycles. The molecule has 0 spiro atoms. The van der Waals surface area contributed by atoms with Gasteiger partial charge in [0, 0.05) is 23.5 Å². The van der Waals surface area contributed by atoms with Gasteiger partial charge in [-0.3, -0.25) is 5.10 Å². The first kappa shape index (κ1) is 19.1. The number of rotatable bonds is 5. The number of nitrogens with two attached hydrogens (primary N) is 1. The first-order valence-electron chi connectivity index (χ1n) is 9.01. The lowest BCUT2D eigenvalue weighted by Crippen LogP contribution is -2.10. The molecule has 0 aliphatic heterocycles. The van der Waals surface area contributed by atoms with Gasteiger partial charge >= 0.3 is 0 Å². The number of nitrogens with one attached hydrogen (secondary N) is 2. The van der Waals surface area contributed by atoms with Crippen molar-refractivity contribution in [2.75, 3.05) is 5.73 Å². The van der Waals surface area contributed by atoms with Crippen LogP contribution in [0.15, 0.2) is 36.8 Å². The van der Waals surface area contributed by atoms with Crippen LogP contribution in [-0.2, 0) is 0 Å². The molecule has 0 bridgehead atoms. The minimum absolute atomic E-state index is 0.0548. The fourth-order valence-corrected chi connectivity index (χ4v) is 3.06. The average molecular weight is 404 g/mol. The molecule has 4 N–H and O–H groups in total. The summed E-state index contributed by atoms with van der Waals surface area (Å²) < 4.78 is 19.9. The van der Waals surface area contributed by atoms with Crippen LogP contribution in [0, 0.1) is 24.1 Å². The molecule has 0 fully saturated rings. The van der Waals surface area contributed by atoms with E-state index in [0.717, 1.165) is 0 Å². The Morgan fingerprint density at radius 1 is 1.30 bits per heavy atom. The number of halogens is 1. The van der Waals surface area contributed by atoms with Crippen LogP contribution >= 0.6 is 0 Å². The lowest BCUT2D eigenvalue weighted by atomic mass is 10.0. The van der Waals surface area contributed by atoms with Gasteiger partial charge in [-0.2, -0.15) is 10.4 Å². The second-order valence-electron chi connectivity index (χ2n) is 6.56. The molecule has 4 rings (SSSR count). The molecule has 0 saturated heterocycles. The number of anilines is 1. The normalized spacial score (nSPS) is 11.8. The van der Waals surface area contributed by atoms with Crippen LogP contribution < -0.4 is 10.5 Å².